The maximum atomic E-state index is 4.70. The van der Waals surface area contributed by atoms with Gasteiger partial charge in [0.25, 0.3) is 0 Å². The minimum Gasteiger partial charge on any atom is -0.305 e. The molecule has 0 radical (unpaired) electrons. The van der Waals surface area contributed by atoms with Crippen molar-refractivity contribution in [1.29, 1.82) is 0 Å². The van der Waals surface area contributed by atoms with E-state index in [0.717, 1.165) is 23.6 Å². The molecule has 1 fully saturated rings. The van der Waals surface area contributed by atoms with Crippen LogP contribution in [-0.2, 0) is 6.42 Å². The average Bonchev–Trinajstić information content (AvgIpc) is 2.93. The molecule has 0 aliphatic carbocycles. The quantitative estimate of drug-likeness (QED) is 0.817. The Balaban J connectivity index is 1.91. The van der Waals surface area contributed by atoms with Gasteiger partial charge in [0, 0.05) is 17.8 Å². The van der Waals surface area contributed by atoms with Crippen LogP contribution >= 0.6 is 0 Å². The fourth-order valence-corrected chi connectivity index (χ4v) is 3.36. The first-order valence-electron chi connectivity index (χ1n) is 6.94. The lowest BCUT2D eigenvalue weighted by Gasteiger charge is -2.37. The van der Waals surface area contributed by atoms with Crippen molar-refractivity contribution in [1.82, 2.24) is 25.5 Å². The van der Waals surface area contributed by atoms with Gasteiger partial charge in [-0.25, -0.2) is 9.97 Å². The van der Waals surface area contributed by atoms with Crippen LogP contribution in [0.25, 0.3) is 11.4 Å². The maximum absolute atomic E-state index is 4.70. The van der Waals surface area contributed by atoms with Crippen molar-refractivity contribution < 1.29 is 0 Å². The molecule has 0 spiro atoms. The average molecular weight is 255 g/mol. The zero-order valence-corrected chi connectivity index (χ0v) is 11.0. The van der Waals surface area contributed by atoms with Gasteiger partial charge in [-0.2, -0.15) is 5.10 Å². The van der Waals surface area contributed by atoms with E-state index >= 15 is 0 Å². The fourth-order valence-electron chi connectivity index (χ4n) is 3.36. The summed E-state index contributed by atoms with van der Waals surface area (Å²) in [6.45, 7) is 1.97. The van der Waals surface area contributed by atoms with Crippen molar-refractivity contribution >= 4 is 0 Å². The highest BCUT2D eigenvalue weighted by Crippen LogP contribution is 2.36. The summed E-state index contributed by atoms with van der Waals surface area (Å²) >= 11 is 0. The zero-order chi connectivity index (χ0) is 12.8. The van der Waals surface area contributed by atoms with Crippen LogP contribution in [0.3, 0.4) is 0 Å². The molecule has 2 atom stereocenters. The third-order valence-electron chi connectivity index (χ3n) is 4.17. The van der Waals surface area contributed by atoms with Crippen molar-refractivity contribution in [2.75, 3.05) is 0 Å². The molecule has 2 aliphatic heterocycles. The first-order chi connectivity index (χ1) is 9.31. The van der Waals surface area contributed by atoms with Crippen molar-refractivity contribution in [2.24, 2.45) is 0 Å². The van der Waals surface area contributed by atoms with Crippen LogP contribution in [0.5, 0.6) is 0 Å². The molecule has 5 nitrogen and oxygen atoms in total. The van der Waals surface area contributed by atoms with Gasteiger partial charge in [-0.15, -0.1) is 0 Å². The first-order valence-corrected chi connectivity index (χ1v) is 6.94. The van der Waals surface area contributed by atoms with Gasteiger partial charge in [-0.3, -0.25) is 5.10 Å². The Kier molecular flexibility index (Phi) is 2.41. The first kappa shape index (κ1) is 11.1. The predicted octanol–water partition coefficient (Wildman–Crippen LogP) is 1.91. The summed E-state index contributed by atoms with van der Waals surface area (Å²) in [6, 6.07) is 2.98. The number of hydrogen-bond donors (Lipinski definition) is 2. The van der Waals surface area contributed by atoms with Crippen molar-refractivity contribution in [3.05, 3.63) is 29.3 Å². The molecule has 4 heterocycles. The normalized spacial score (nSPS) is 25.1. The summed E-state index contributed by atoms with van der Waals surface area (Å²) in [5.74, 6) is 0.842. The number of piperidine rings is 1. The standard InChI is InChI=1S/C14H17N5/c1-8-16-13-10(7-9-3-2-4-11(13)18-9)14(17-8)12-5-6-15-19-12/h5-6,9,11,18H,2-4,7H2,1H3,(H,15,19)/t9-,11+/m0/s1. The van der Waals surface area contributed by atoms with Gasteiger partial charge in [0.05, 0.1) is 23.1 Å². The van der Waals surface area contributed by atoms with E-state index in [-0.39, 0.29) is 0 Å². The molecule has 2 aliphatic rings. The van der Waals surface area contributed by atoms with Gasteiger partial charge in [0.2, 0.25) is 0 Å². The van der Waals surface area contributed by atoms with Crippen LogP contribution in [0.1, 0.15) is 42.4 Å². The molecule has 0 aromatic carbocycles. The van der Waals surface area contributed by atoms with Crippen LogP contribution in [0, 0.1) is 6.92 Å². The molecule has 1 saturated heterocycles. The minimum atomic E-state index is 0.408. The predicted molar refractivity (Wildman–Crippen MR) is 71.6 cm³/mol. The maximum Gasteiger partial charge on any atom is 0.126 e. The SMILES string of the molecule is Cc1nc(-c2ccn[nH]2)c2c(n1)[C@H]1CCC[C@@H](C2)N1. The van der Waals surface area contributed by atoms with Crippen LogP contribution in [-0.4, -0.2) is 26.2 Å². The summed E-state index contributed by atoms with van der Waals surface area (Å²) in [5, 5.41) is 10.8. The number of rotatable bonds is 1. The van der Waals surface area contributed by atoms with Gasteiger partial charge in [0.1, 0.15) is 5.82 Å². The molecule has 0 amide bonds. The summed E-state index contributed by atoms with van der Waals surface area (Å²) in [4.78, 5) is 9.34. The third-order valence-corrected chi connectivity index (χ3v) is 4.17. The van der Waals surface area contributed by atoms with Gasteiger partial charge in [-0.05, 0) is 38.7 Å². The third kappa shape index (κ3) is 1.76. The van der Waals surface area contributed by atoms with Crippen LogP contribution < -0.4 is 5.32 Å². The fraction of sp³-hybridized carbons (Fsp3) is 0.500. The highest BCUT2D eigenvalue weighted by atomic mass is 15.1. The number of aromatic nitrogens is 4. The molecule has 2 bridgehead atoms. The Morgan fingerprint density at radius 2 is 2.21 bits per heavy atom. The highest BCUT2D eigenvalue weighted by molar-refractivity contribution is 5.60. The zero-order valence-electron chi connectivity index (χ0n) is 11.0. The van der Waals surface area contributed by atoms with E-state index in [4.69, 9.17) is 4.98 Å². The molecule has 4 rings (SSSR count). The Bertz CT molecular complexity index is 605. The Morgan fingerprint density at radius 1 is 1.26 bits per heavy atom. The van der Waals surface area contributed by atoms with Crippen LogP contribution in [0.15, 0.2) is 12.3 Å². The Morgan fingerprint density at radius 3 is 3.05 bits per heavy atom. The molecular formula is C14H17N5. The summed E-state index contributed by atoms with van der Waals surface area (Å²) in [5.41, 5.74) is 4.55. The molecular weight excluding hydrogens is 238 g/mol. The van der Waals surface area contributed by atoms with Crippen molar-refractivity contribution in [3.8, 4) is 11.4 Å². The molecule has 5 heteroatoms. The minimum absolute atomic E-state index is 0.408. The number of nitrogens with one attached hydrogen (secondary N) is 2. The smallest absolute Gasteiger partial charge is 0.126 e. The second-order valence-corrected chi connectivity index (χ2v) is 5.50. The topological polar surface area (TPSA) is 66.5 Å². The van der Waals surface area contributed by atoms with E-state index in [1.165, 1.54) is 30.5 Å². The Hall–Kier alpha value is -1.75. The van der Waals surface area contributed by atoms with Gasteiger partial charge in [-0.1, -0.05) is 0 Å². The molecule has 98 valence electrons. The van der Waals surface area contributed by atoms with Crippen LogP contribution in [0.4, 0.5) is 0 Å². The number of nitrogens with zero attached hydrogens (tertiary/aromatic N) is 3. The molecule has 2 N–H and O–H groups in total. The molecule has 19 heavy (non-hydrogen) atoms. The molecule has 2 aromatic rings. The number of fused-ring (bicyclic) bond motifs is 4. The largest absolute Gasteiger partial charge is 0.305 e. The number of hydrogen-bond acceptors (Lipinski definition) is 4. The second kappa shape index (κ2) is 4.13. The number of H-pyrrole nitrogens is 1. The van der Waals surface area contributed by atoms with E-state index in [9.17, 15) is 0 Å². The summed E-state index contributed by atoms with van der Waals surface area (Å²) in [6.07, 6.45) is 6.54. The van der Waals surface area contributed by atoms with E-state index in [1.54, 1.807) is 6.20 Å². The Labute approximate surface area is 111 Å². The van der Waals surface area contributed by atoms with Crippen molar-refractivity contribution in [3.63, 3.8) is 0 Å². The molecule has 0 saturated carbocycles. The summed E-state index contributed by atoms with van der Waals surface area (Å²) in [7, 11) is 0. The van der Waals surface area contributed by atoms with Gasteiger partial charge >= 0.3 is 0 Å². The van der Waals surface area contributed by atoms with E-state index in [1.807, 2.05) is 13.0 Å². The monoisotopic (exact) mass is 255 g/mol. The van der Waals surface area contributed by atoms with E-state index in [0.29, 0.717) is 12.1 Å². The van der Waals surface area contributed by atoms with E-state index in [2.05, 4.69) is 20.5 Å². The van der Waals surface area contributed by atoms with Crippen molar-refractivity contribution in [2.45, 2.75) is 44.7 Å². The van der Waals surface area contributed by atoms with E-state index < -0.39 is 0 Å². The lowest BCUT2D eigenvalue weighted by molar-refractivity contribution is 0.295. The van der Waals surface area contributed by atoms with Gasteiger partial charge in [0.15, 0.2) is 0 Å². The summed E-state index contributed by atoms with van der Waals surface area (Å²) < 4.78 is 0. The lowest BCUT2D eigenvalue weighted by Crippen LogP contribution is -2.43. The van der Waals surface area contributed by atoms with Gasteiger partial charge < -0.3 is 5.32 Å². The number of aromatic amines is 1. The number of aryl methyl sites for hydroxylation is 1. The highest BCUT2D eigenvalue weighted by Gasteiger charge is 2.33. The second-order valence-electron chi connectivity index (χ2n) is 5.50. The molecule has 0 unspecified atom stereocenters. The molecule has 2 aromatic heterocycles. The van der Waals surface area contributed by atoms with Crippen LogP contribution in [0.2, 0.25) is 0 Å². The lowest BCUT2D eigenvalue weighted by atomic mass is 9.83.